The molecular weight excluding hydrogens is 458 g/mol. The Morgan fingerprint density at radius 2 is 1.80 bits per heavy atom. The number of likely N-dealkylation sites (N-methyl/N-ethyl adjacent to an activating group) is 1. The second-order valence-electron chi connectivity index (χ2n) is 9.14. The quantitative estimate of drug-likeness (QED) is 0.404. The minimum atomic E-state index is -1.44. The summed E-state index contributed by atoms with van der Waals surface area (Å²) in [6.45, 7) is 7.57. The zero-order valence-corrected chi connectivity index (χ0v) is 20.5. The zero-order valence-electron chi connectivity index (χ0n) is 20.5. The van der Waals surface area contributed by atoms with Gasteiger partial charge < -0.3 is 39.4 Å². The maximum absolute atomic E-state index is 12.8. The first-order valence-corrected chi connectivity index (χ1v) is 12.0. The van der Waals surface area contributed by atoms with Crippen LogP contribution in [0.2, 0.25) is 0 Å². The molecule has 1 aromatic rings. The molecule has 0 aromatic heterocycles. The standard InChI is InChI=1S/C24H37N3O8/c1-16(2)25-24(31)35-20-19(29)18(15-28)33-23(32-14-13-27-11-9-26(3)10-12-27)21(20)34-22(30)17-7-5-4-6-8-17/h4-8,16,18-21,23,28-29H,9-15H2,1-3H3,(H,25,31)/t18-,19-,20+,21-,23-/m1/s1. The van der Waals surface area contributed by atoms with E-state index in [1.54, 1.807) is 44.2 Å². The Balaban J connectivity index is 1.75. The number of ether oxygens (including phenoxy) is 4. The van der Waals surface area contributed by atoms with Gasteiger partial charge in [-0.3, -0.25) is 4.90 Å². The van der Waals surface area contributed by atoms with Crippen LogP contribution in [0.5, 0.6) is 0 Å². The van der Waals surface area contributed by atoms with Gasteiger partial charge in [-0.25, -0.2) is 9.59 Å². The predicted octanol–water partition coefficient (Wildman–Crippen LogP) is 0.0573. The van der Waals surface area contributed by atoms with Crippen molar-refractivity contribution in [3.05, 3.63) is 35.9 Å². The van der Waals surface area contributed by atoms with Gasteiger partial charge in [0, 0.05) is 38.8 Å². The predicted molar refractivity (Wildman–Crippen MR) is 126 cm³/mol. The molecule has 0 radical (unpaired) electrons. The molecule has 0 saturated carbocycles. The largest absolute Gasteiger partial charge is 0.449 e. The highest BCUT2D eigenvalue weighted by Gasteiger charge is 2.50. The van der Waals surface area contributed by atoms with Crippen molar-refractivity contribution in [1.29, 1.82) is 0 Å². The fraction of sp³-hybridized carbons (Fsp3) is 0.667. The van der Waals surface area contributed by atoms with E-state index >= 15 is 0 Å². The minimum Gasteiger partial charge on any atom is -0.449 e. The zero-order chi connectivity index (χ0) is 25.4. The Hall–Kier alpha value is -2.28. The molecule has 0 spiro atoms. The Labute approximate surface area is 205 Å². The normalized spacial score (nSPS) is 28.0. The molecule has 1 aromatic carbocycles. The van der Waals surface area contributed by atoms with Gasteiger partial charge >= 0.3 is 12.1 Å². The van der Waals surface area contributed by atoms with Gasteiger partial charge in [0.1, 0.15) is 12.2 Å². The maximum atomic E-state index is 12.8. The van der Waals surface area contributed by atoms with Gasteiger partial charge in [-0.1, -0.05) is 18.2 Å². The second kappa shape index (κ2) is 13.1. The van der Waals surface area contributed by atoms with E-state index in [-0.39, 0.29) is 18.2 Å². The number of piperazine rings is 1. The average Bonchev–Trinajstić information content (AvgIpc) is 2.83. The van der Waals surface area contributed by atoms with E-state index < -0.39 is 49.4 Å². The summed E-state index contributed by atoms with van der Waals surface area (Å²) in [5.74, 6) is -0.681. The van der Waals surface area contributed by atoms with Gasteiger partial charge in [0.15, 0.2) is 18.5 Å². The highest BCUT2D eigenvalue weighted by molar-refractivity contribution is 5.89. The molecule has 2 heterocycles. The summed E-state index contributed by atoms with van der Waals surface area (Å²) in [7, 11) is 2.07. The molecule has 2 aliphatic rings. The monoisotopic (exact) mass is 495 g/mol. The molecule has 196 valence electrons. The van der Waals surface area contributed by atoms with Crippen molar-refractivity contribution in [2.75, 3.05) is 53.0 Å². The molecule has 0 aliphatic carbocycles. The van der Waals surface area contributed by atoms with Gasteiger partial charge in [0.05, 0.1) is 18.8 Å². The molecule has 2 saturated heterocycles. The van der Waals surface area contributed by atoms with Crippen molar-refractivity contribution in [1.82, 2.24) is 15.1 Å². The Morgan fingerprint density at radius 1 is 1.11 bits per heavy atom. The van der Waals surface area contributed by atoms with Crippen molar-refractivity contribution < 1.29 is 38.7 Å². The number of rotatable bonds is 9. The van der Waals surface area contributed by atoms with Crippen LogP contribution >= 0.6 is 0 Å². The summed E-state index contributed by atoms with van der Waals surface area (Å²) in [5, 5.41) is 23.1. The number of hydrogen-bond donors (Lipinski definition) is 3. The van der Waals surface area contributed by atoms with E-state index in [4.69, 9.17) is 18.9 Å². The highest BCUT2D eigenvalue weighted by Crippen LogP contribution is 2.28. The van der Waals surface area contributed by atoms with Crippen LogP contribution < -0.4 is 5.32 Å². The Bertz CT molecular complexity index is 803. The Kier molecular flexibility index (Phi) is 10.3. The molecule has 11 nitrogen and oxygen atoms in total. The van der Waals surface area contributed by atoms with E-state index in [1.165, 1.54) is 0 Å². The van der Waals surface area contributed by atoms with Crippen LogP contribution in [0.4, 0.5) is 4.79 Å². The Morgan fingerprint density at radius 3 is 2.43 bits per heavy atom. The first-order chi connectivity index (χ1) is 16.8. The van der Waals surface area contributed by atoms with Gasteiger partial charge in [-0.15, -0.1) is 0 Å². The van der Waals surface area contributed by atoms with Crippen molar-refractivity contribution in [2.24, 2.45) is 0 Å². The number of carbonyl (C=O) groups is 2. The summed E-state index contributed by atoms with van der Waals surface area (Å²) in [6, 6.07) is 8.11. The molecule has 1 amide bonds. The average molecular weight is 496 g/mol. The lowest BCUT2D eigenvalue weighted by atomic mass is 9.98. The lowest BCUT2D eigenvalue weighted by Gasteiger charge is -2.43. The number of aliphatic hydroxyl groups is 2. The topological polar surface area (TPSA) is 130 Å². The number of amides is 1. The first kappa shape index (κ1) is 27.3. The number of aliphatic hydroxyl groups excluding tert-OH is 2. The third kappa shape index (κ3) is 7.86. The van der Waals surface area contributed by atoms with Gasteiger partial charge in [0.2, 0.25) is 0 Å². The van der Waals surface area contributed by atoms with Crippen LogP contribution in [0.3, 0.4) is 0 Å². The number of benzene rings is 1. The summed E-state index contributed by atoms with van der Waals surface area (Å²) in [5.41, 5.74) is 0.285. The number of nitrogens with zero attached hydrogens (tertiary/aromatic N) is 2. The van der Waals surface area contributed by atoms with Crippen molar-refractivity contribution in [3.8, 4) is 0 Å². The molecule has 5 atom stereocenters. The van der Waals surface area contributed by atoms with E-state index in [0.717, 1.165) is 26.2 Å². The van der Waals surface area contributed by atoms with E-state index in [2.05, 4.69) is 22.2 Å². The van der Waals surface area contributed by atoms with Crippen LogP contribution in [0, 0.1) is 0 Å². The SMILES string of the molecule is CC(C)NC(=O)O[C@H]1[C@H](O)[C@@H](CO)O[C@@H](OCCN2CCN(C)CC2)[C@@H]1OC(=O)c1ccccc1. The summed E-state index contributed by atoms with van der Waals surface area (Å²) in [4.78, 5) is 29.7. The molecule has 0 unspecified atom stereocenters. The highest BCUT2D eigenvalue weighted by atomic mass is 16.7. The maximum Gasteiger partial charge on any atom is 0.407 e. The third-order valence-electron chi connectivity index (χ3n) is 5.99. The molecule has 0 bridgehead atoms. The van der Waals surface area contributed by atoms with Gasteiger partial charge in [-0.2, -0.15) is 0 Å². The van der Waals surface area contributed by atoms with Crippen molar-refractivity contribution in [3.63, 3.8) is 0 Å². The fourth-order valence-electron chi connectivity index (χ4n) is 3.96. The van der Waals surface area contributed by atoms with Gasteiger partial charge in [0.25, 0.3) is 0 Å². The van der Waals surface area contributed by atoms with Crippen molar-refractivity contribution >= 4 is 12.1 Å². The first-order valence-electron chi connectivity index (χ1n) is 12.0. The number of nitrogens with one attached hydrogen (secondary N) is 1. The van der Waals surface area contributed by atoms with Crippen LogP contribution in [0.1, 0.15) is 24.2 Å². The molecular formula is C24H37N3O8. The lowest BCUT2D eigenvalue weighted by molar-refractivity contribution is -0.299. The fourth-order valence-corrected chi connectivity index (χ4v) is 3.96. The lowest BCUT2D eigenvalue weighted by Crippen LogP contribution is -2.62. The third-order valence-corrected chi connectivity index (χ3v) is 5.99. The number of alkyl carbamates (subject to hydrolysis) is 1. The number of carbonyl (C=O) groups excluding carboxylic acids is 2. The smallest absolute Gasteiger partial charge is 0.407 e. The molecule has 2 aliphatic heterocycles. The van der Waals surface area contributed by atoms with Gasteiger partial charge in [-0.05, 0) is 33.0 Å². The number of hydrogen-bond acceptors (Lipinski definition) is 10. The second-order valence-corrected chi connectivity index (χ2v) is 9.14. The van der Waals surface area contributed by atoms with Crippen LogP contribution in [-0.4, -0.2) is 122 Å². The summed E-state index contributed by atoms with van der Waals surface area (Å²) < 4.78 is 22.8. The molecule has 3 N–H and O–H groups in total. The molecule has 3 rings (SSSR count). The van der Waals surface area contributed by atoms with E-state index in [0.29, 0.717) is 6.54 Å². The summed E-state index contributed by atoms with van der Waals surface area (Å²) in [6.07, 6.45) is -7.06. The molecule has 11 heteroatoms. The van der Waals surface area contributed by atoms with Crippen LogP contribution in [0.25, 0.3) is 0 Å². The van der Waals surface area contributed by atoms with E-state index in [9.17, 15) is 19.8 Å². The van der Waals surface area contributed by atoms with Crippen LogP contribution in [-0.2, 0) is 18.9 Å². The van der Waals surface area contributed by atoms with Crippen LogP contribution in [0.15, 0.2) is 30.3 Å². The minimum absolute atomic E-state index is 0.214. The van der Waals surface area contributed by atoms with E-state index in [1.807, 2.05) is 0 Å². The molecule has 35 heavy (non-hydrogen) atoms. The number of esters is 1. The summed E-state index contributed by atoms with van der Waals surface area (Å²) >= 11 is 0. The molecule has 2 fully saturated rings. The van der Waals surface area contributed by atoms with Crippen molar-refractivity contribution in [2.45, 2.75) is 50.6 Å².